The predicted octanol–water partition coefficient (Wildman–Crippen LogP) is 3.30. The zero-order chi connectivity index (χ0) is 14.4. The molecule has 1 heterocycles. The Kier molecular flexibility index (Phi) is 10.0. The van der Waals surface area contributed by atoms with E-state index in [1.165, 1.54) is 11.3 Å². The van der Waals surface area contributed by atoms with E-state index in [0.717, 1.165) is 29.2 Å². The van der Waals surface area contributed by atoms with Gasteiger partial charge in [-0.1, -0.05) is 30.3 Å². The van der Waals surface area contributed by atoms with E-state index in [1.807, 2.05) is 44.3 Å². The molecule has 1 aromatic heterocycles. The highest BCUT2D eigenvalue weighted by atomic mass is 35.5. The highest BCUT2D eigenvalue weighted by Gasteiger charge is 2.15. The largest absolute Gasteiger partial charge is 0.351 e. The van der Waals surface area contributed by atoms with Crippen molar-refractivity contribution in [2.75, 3.05) is 20.1 Å². The van der Waals surface area contributed by atoms with Gasteiger partial charge in [-0.2, -0.15) is 0 Å². The lowest BCUT2D eigenvalue weighted by Gasteiger charge is -2.03. The van der Waals surface area contributed by atoms with Crippen molar-refractivity contribution >= 4 is 42.1 Å². The second-order valence-corrected chi connectivity index (χ2v) is 5.51. The third kappa shape index (κ3) is 5.57. The molecule has 122 valence electrons. The molecule has 2 N–H and O–H groups in total. The standard InChI is InChI=1S/C15H19N3OS.2ClH/c1-11-13(14(19)17-10-6-9-16-2)20-15(18-11)12-7-4-3-5-8-12;;/h3-5,7-8,16H,6,9-10H2,1-2H3,(H,17,19);2*1H. The molecule has 0 aliphatic heterocycles. The molecule has 0 bridgehead atoms. The molecule has 0 aliphatic carbocycles. The Hall–Kier alpha value is -1.14. The fourth-order valence-electron chi connectivity index (χ4n) is 1.86. The lowest BCUT2D eigenvalue weighted by molar-refractivity contribution is 0.0956. The van der Waals surface area contributed by atoms with Crippen LogP contribution in [0.2, 0.25) is 0 Å². The first-order valence-electron chi connectivity index (χ1n) is 6.68. The van der Waals surface area contributed by atoms with Gasteiger partial charge in [0.05, 0.1) is 5.69 Å². The highest BCUT2D eigenvalue weighted by molar-refractivity contribution is 7.17. The second kappa shape index (κ2) is 10.6. The fourth-order valence-corrected chi connectivity index (χ4v) is 2.85. The fraction of sp³-hybridized carbons (Fsp3) is 0.333. The molecule has 0 atom stereocenters. The van der Waals surface area contributed by atoms with E-state index >= 15 is 0 Å². The summed E-state index contributed by atoms with van der Waals surface area (Å²) in [6.45, 7) is 3.46. The SMILES string of the molecule is CNCCCNC(=O)c1sc(-c2ccccc2)nc1C.Cl.Cl. The normalized spacial score (nSPS) is 9.55. The summed E-state index contributed by atoms with van der Waals surface area (Å²) in [7, 11) is 1.90. The van der Waals surface area contributed by atoms with Crippen LogP contribution in [0.4, 0.5) is 0 Å². The molecule has 1 amide bonds. The van der Waals surface area contributed by atoms with Crippen molar-refractivity contribution in [3.8, 4) is 10.6 Å². The van der Waals surface area contributed by atoms with Crippen LogP contribution in [0.5, 0.6) is 0 Å². The topological polar surface area (TPSA) is 54.0 Å². The number of halogens is 2. The van der Waals surface area contributed by atoms with Crippen LogP contribution in [-0.2, 0) is 0 Å². The van der Waals surface area contributed by atoms with E-state index < -0.39 is 0 Å². The van der Waals surface area contributed by atoms with Gasteiger partial charge < -0.3 is 10.6 Å². The molecule has 0 saturated carbocycles. The van der Waals surface area contributed by atoms with Gasteiger partial charge >= 0.3 is 0 Å². The average molecular weight is 362 g/mol. The van der Waals surface area contributed by atoms with E-state index in [2.05, 4.69) is 15.6 Å². The van der Waals surface area contributed by atoms with Gasteiger partial charge in [0.15, 0.2) is 0 Å². The Morgan fingerprint density at radius 3 is 2.50 bits per heavy atom. The molecule has 0 unspecified atom stereocenters. The number of rotatable bonds is 6. The monoisotopic (exact) mass is 361 g/mol. The Labute approximate surface area is 147 Å². The first-order chi connectivity index (χ1) is 9.72. The number of aromatic nitrogens is 1. The number of carbonyl (C=O) groups excluding carboxylic acids is 1. The molecule has 2 aromatic rings. The number of hydrogen-bond acceptors (Lipinski definition) is 4. The van der Waals surface area contributed by atoms with Gasteiger partial charge in [-0.15, -0.1) is 36.2 Å². The van der Waals surface area contributed by atoms with E-state index in [0.29, 0.717) is 11.4 Å². The van der Waals surface area contributed by atoms with Crippen molar-refractivity contribution in [3.05, 3.63) is 40.9 Å². The Morgan fingerprint density at radius 2 is 1.86 bits per heavy atom. The summed E-state index contributed by atoms with van der Waals surface area (Å²) < 4.78 is 0. The second-order valence-electron chi connectivity index (χ2n) is 4.51. The summed E-state index contributed by atoms with van der Waals surface area (Å²) in [5.41, 5.74) is 1.84. The minimum Gasteiger partial charge on any atom is -0.351 e. The van der Waals surface area contributed by atoms with Crippen LogP contribution >= 0.6 is 36.2 Å². The Bertz CT molecular complexity index is 575. The third-order valence-corrected chi connectivity index (χ3v) is 4.12. The number of aryl methyl sites for hydroxylation is 1. The van der Waals surface area contributed by atoms with Crippen molar-refractivity contribution in [1.82, 2.24) is 15.6 Å². The van der Waals surface area contributed by atoms with Gasteiger partial charge in [0.2, 0.25) is 0 Å². The molecule has 1 aromatic carbocycles. The lowest BCUT2D eigenvalue weighted by Crippen LogP contribution is -2.26. The third-order valence-electron chi connectivity index (χ3n) is 2.91. The maximum Gasteiger partial charge on any atom is 0.263 e. The zero-order valence-electron chi connectivity index (χ0n) is 12.6. The predicted molar refractivity (Wildman–Crippen MR) is 97.7 cm³/mol. The van der Waals surface area contributed by atoms with E-state index in [9.17, 15) is 4.79 Å². The van der Waals surface area contributed by atoms with Gasteiger partial charge in [-0.3, -0.25) is 4.79 Å². The molecule has 2 rings (SSSR count). The molecule has 0 aliphatic rings. The van der Waals surface area contributed by atoms with Gasteiger partial charge in [0.1, 0.15) is 9.88 Å². The molecule has 0 fully saturated rings. The van der Waals surface area contributed by atoms with Crippen molar-refractivity contribution in [3.63, 3.8) is 0 Å². The number of nitrogens with zero attached hydrogens (tertiary/aromatic N) is 1. The number of carbonyl (C=O) groups is 1. The average Bonchev–Trinajstić information content (AvgIpc) is 2.86. The minimum atomic E-state index is -0.0294. The highest BCUT2D eigenvalue weighted by Crippen LogP contribution is 2.27. The molecule has 0 spiro atoms. The van der Waals surface area contributed by atoms with Crippen molar-refractivity contribution in [2.45, 2.75) is 13.3 Å². The summed E-state index contributed by atoms with van der Waals surface area (Å²) in [5.74, 6) is -0.0294. The molecule has 0 radical (unpaired) electrons. The van der Waals surface area contributed by atoms with Crippen molar-refractivity contribution in [2.24, 2.45) is 0 Å². The first kappa shape index (κ1) is 20.9. The quantitative estimate of drug-likeness (QED) is 0.776. The van der Waals surface area contributed by atoms with Gasteiger partial charge in [-0.05, 0) is 26.9 Å². The van der Waals surface area contributed by atoms with Crippen LogP contribution < -0.4 is 10.6 Å². The maximum atomic E-state index is 12.1. The van der Waals surface area contributed by atoms with Crippen LogP contribution in [0.15, 0.2) is 30.3 Å². The molecule has 4 nitrogen and oxygen atoms in total. The number of nitrogens with one attached hydrogen (secondary N) is 2. The smallest absolute Gasteiger partial charge is 0.263 e. The number of hydrogen-bond donors (Lipinski definition) is 2. The molecule has 7 heteroatoms. The van der Waals surface area contributed by atoms with Gasteiger partial charge in [-0.25, -0.2) is 4.98 Å². The molecule has 0 saturated heterocycles. The summed E-state index contributed by atoms with van der Waals surface area (Å²) in [6, 6.07) is 9.94. The zero-order valence-corrected chi connectivity index (χ0v) is 15.0. The van der Waals surface area contributed by atoms with Crippen LogP contribution in [0.1, 0.15) is 21.8 Å². The van der Waals surface area contributed by atoms with E-state index in [4.69, 9.17) is 0 Å². The molecule has 22 heavy (non-hydrogen) atoms. The summed E-state index contributed by atoms with van der Waals surface area (Å²) in [5, 5.41) is 6.88. The van der Waals surface area contributed by atoms with Crippen molar-refractivity contribution < 1.29 is 4.79 Å². The molecular formula is C15H21Cl2N3OS. The lowest BCUT2D eigenvalue weighted by atomic mass is 10.2. The van der Waals surface area contributed by atoms with E-state index in [1.54, 1.807) is 0 Å². The van der Waals surface area contributed by atoms with Crippen LogP contribution in [-0.4, -0.2) is 31.0 Å². The Balaban J connectivity index is 0.00000220. The minimum absolute atomic E-state index is 0. The Morgan fingerprint density at radius 1 is 1.18 bits per heavy atom. The number of thiazole rings is 1. The van der Waals surface area contributed by atoms with Crippen LogP contribution in [0.3, 0.4) is 0 Å². The van der Waals surface area contributed by atoms with Gasteiger partial charge in [0.25, 0.3) is 5.91 Å². The first-order valence-corrected chi connectivity index (χ1v) is 7.49. The van der Waals surface area contributed by atoms with Gasteiger partial charge in [0, 0.05) is 12.1 Å². The van der Waals surface area contributed by atoms with Crippen LogP contribution in [0.25, 0.3) is 10.6 Å². The summed E-state index contributed by atoms with van der Waals surface area (Å²) >= 11 is 1.45. The van der Waals surface area contributed by atoms with E-state index in [-0.39, 0.29) is 30.7 Å². The molecular weight excluding hydrogens is 341 g/mol. The number of amides is 1. The summed E-state index contributed by atoms with van der Waals surface area (Å²) in [4.78, 5) is 17.3. The van der Waals surface area contributed by atoms with Crippen LogP contribution in [0, 0.1) is 6.92 Å². The number of benzene rings is 1. The van der Waals surface area contributed by atoms with Crippen molar-refractivity contribution in [1.29, 1.82) is 0 Å². The summed E-state index contributed by atoms with van der Waals surface area (Å²) in [6.07, 6.45) is 0.922. The maximum absolute atomic E-state index is 12.1.